The molecule has 0 aliphatic heterocycles. The number of carbonyl (C=O) groups is 1. The van der Waals surface area contributed by atoms with E-state index < -0.39 is 0 Å². The standard InChI is InChI=1S/C11H14ClNOS/c1-15-10(7-12)11(14)13-8-9-5-3-2-4-6-9/h2-6,10H,7-8H2,1H3,(H,13,14). The van der Waals surface area contributed by atoms with Crippen LogP contribution in [0.15, 0.2) is 30.3 Å². The molecule has 2 nitrogen and oxygen atoms in total. The van der Waals surface area contributed by atoms with Crippen LogP contribution in [0.4, 0.5) is 0 Å². The quantitative estimate of drug-likeness (QED) is 0.804. The van der Waals surface area contributed by atoms with Crippen molar-refractivity contribution in [3.8, 4) is 0 Å². The van der Waals surface area contributed by atoms with E-state index in [4.69, 9.17) is 11.6 Å². The van der Waals surface area contributed by atoms with Gasteiger partial charge >= 0.3 is 0 Å². The molecular formula is C11H14ClNOS. The van der Waals surface area contributed by atoms with Gasteiger partial charge in [0.15, 0.2) is 0 Å². The minimum atomic E-state index is -0.157. The van der Waals surface area contributed by atoms with Crippen molar-refractivity contribution < 1.29 is 4.79 Å². The van der Waals surface area contributed by atoms with Gasteiger partial charge in [-0.05, 0) is 11.8 Å². The van der Waals surface area contributed by atoms with Crippen LogP contribution in [0.5, 0.6) is 0 Å². The van der Waals surface area contributed by atoms with Gasteiger partial charge in [-0.1, -0.05) is 30.3 Å². The summed E-state index contributed by atoms with van der Waals surface area (Å²) in [5.74, 6) is 0.350. The Morgan fingerprint density at radius 1 is 1.47 bits per heavy atom. The first kappa shape index (κ1) is 12.4. The Kier molecular flexibility index (Phi) is 5.58. The van der Waals surface area contributed by atoms with Gasteiger partial charge in [-0.3, -0.25) is 4.79 Å². The van der Waals surface area contributed by atoms with Gasteiger partial charge in [0, 0.05) is 12.4 Å². The van der Waals surface area contributed by atoms with Crippen molar-refractivity contribution in [1.29, 1.82) is 0 Å². The van der Waals surface area contributed by atoms with Crippen molar-refractivity contribution in [3.63, 3.8) is 0 Å². The molecule has 1 aromatic carbocycles. The van der Waals surface area contributed by atoms with Crippen LogP contribution in [0.2, 0.25) is 0 Å². The first-order valence-electron chi connectivity index (χ1n) is 4.68. The van der Waals surface area contributed by atoms with E-state index in [0.717, 1.165) is 5.56 Å². The third-order valence-electron chi connectivity index (χ3n) is 2.03. The van der Waals surface area contributed by atoms with E-state index in [9.17, 15) is 4.79 Å². The molecular weight excluding hydrogens is 230 g/mol. The van der Waals surface area contributed by atoms with Gasteiger partial charge in [0.05, 0.1) is 5.25 Å². The molecule has 0 radical (unpaired) electrons. The summed E-state index contributed by atoms with van der Waals surface area (Å²) >= 11 is 7.13. The highest BCUT2D eigenvalue weighted by Crippen LogP contribution is 2.08. The van der Waals surface area contributed by atoms with Crippen LogP contribution in [-0.4, -0.2) is 23.3 Å². The number of amides is 1. The average Bonchev–Trinajstić information content (AvgIpc) is 2.29. The third kappa shape index (κ3) is 4.14. The maximum absolute atomic E-state index is 11.6. The number of nitrogens with one attached hydrogen (secondary N) is 1. The van der Waals surface area contributed by atoms with Gasteiger partial charge in [-0.15, -0.1) is 11.6 Å². The van der Waals surface area contributed by atoms with Crippen LogP contribution in [0.25, 0.3) is 0 Å². The van der Waals surface area contributed by atoms with E-state index in [2.05, 4.69) is 5.32 Å². The molecule has 0 aliphatic rings. The van der Waals surface area contributed by atoms with E-state index in [0.29, 0.717) is 12.4 Å². The van der Waals surface area contributed by atoms with Gasteiger partial charge in [0.25, 0.3) is 0 Å². The van der Waals surface area contributed by atoms with Gasteiger partial charge in [-0.2, -0.15) is 11.8 Å². The van der Waals surface area contributed by atoms with Gasteiger partial charge in [-0.25, -0.2) is 0 Å². The predicted molar refractivity (Wildman–Crippen MR) is 66.3 cm³/mol. The Labute approximate surface area is 99.4 Å². The maximum Gasteiger partial charge on any atom is 0.234 e. The summed E-state index contributed by atoms with van der Waals surface area (Å²) in [4.78, 5) is 11.6. The minimum Gasteiger partial charge on any atom is -0.351 e. The van der Waals surface area contributed by atoms with Crippen LogP contribution in [0, 0.1) is 0 Å². The van der Waals surface area contributed by atoms with E-state index in [1.165, 1.54) is 11.8 Å². The number of hydrogen-bond donors (Lipinski definition) is 1. The molecule has 82 valence electrons. The molecule has 0 saturated heterocycles. The van der Waals surface area contributed by atoms with E-state index in [1.54, 1.807) is 0 Å². The fourth-order valence-electron chi connectivity index (χ4n) is 1.14. The Morgan fingerprint density at radius 2 is 2.13 bits per heavy atom. The lowest BCUT2D eigenvalue weighted by Gasteiger charge is -2.11. The lowest BCUT2D eigenvalue weighted by Crippen LogP contribution is -2.33. The lowest BCUT2D eigenvalue weighted by atomic mass is 10.2. The number of carbonyl (C=O) groups excluding carboxylic acids is 1. The van der Waals surface area contributed by atoms with Gasteiger partial charge in [0.1, 0.15) is 0 Å². The number of thioether (sulfide) groups is 1. The zero-order chi connectivity index (χ0) is 11.1. The van der Waals surface area contributed by atoms with Crippen LogP contribution in [0.1, 0.15) is 5.56 Å². The molecule has 0 bridgehead atoms. The van der Waals surface area contributed by atoms with Gasteiger partial charge < -0.3 is 5.32 Å². The van der Waals surface area contributed by atoms with Crippen molar-refractivity contribution in [2.45, 2.75) is 11.8 Å². The number of halogens is 1. The molecule has 1 atom stereocenters. The summed E-state index contributed by atoms with van der Waals surface area (Å²) in [6.45, 7) is 0.563. The fraction of sp³-hybridized carbons (Fsp3) is 0.364. The average molecular weight is 244 g/mol. The summed E-state index contributed by atoms with van der Waals surface area (Å²) in [5.41, 5.74) is 1.10. The van der Waals surface area contributed by atoms with Crippen LogP contribution in [-0.2, 0) is 11.3 Å². The molecule has 0 saturated carbocycles. The Hall–Kier alpha value is -0.670. The SMILES string of the molecule is CSC(CCl)C(=O)NCc1ccccc1. The summed E-state index contributed by atoms with van der Waals surface area (Å²) < 4.78 is 0. The molecule has 0 heterocycles. The van der Waals surface area contributed by atoms with E-state index >= 15 is 0 Å². The second kappa shape index (κ2) is 6.75. The zero-order valence-electron chi connectivity index (χ0n) is 8.57. The van der Waals surface area contributed by atoms with E-state index in [1.807, 2.05) is 36.6 Å². The summed E-state index contributed by atoms with van der Waals surface area (Å²) in [6, 6.07) is 9.82. The van der Waals surface area contributed by atoms with Crippen LogP contribution >= 0.6 is 23.4 Å². The van der Waals surface area contributed by atoms with Crippen LogP contribution in [0.3, 0.4) is 0 Å². The molecule has 0 spiro atoms. The number of rotatable bonds is 5. The van der Waals surface area contributed by atoms with Crippen molar-refractivity contribution >= 4 is 29.3 Å². The smallest absolute Gasteiger partial charge is 0.234 e. The van der Waals surface area contributed by atoms with Crippen LogP contribution < -0.4 is 5.32 Å². The van der Waals surface area contributed by atoms with Crippen molar-refractivity contribution in [2.75, 3.05) is 12.1 Å². The number of alkyl halides is 1. The number of hydrogen-bond acceptors (Lipinski definition) is 2. The van der Waals surface area contributed by atoms with E-state index in [-0.39, 0.29) is 11.2 Å². The van der Waals surface area contributed by atoms with Crippen molar-refractivity contribution in [2.24, 2.45) is 0 Å². The molecule has 1 unspecified atom stereocenters. The summed E-state index contributed by atoms with van der Waals surface area (Å²) in [7, 11) is 0. The molecule has 0 aromatic heterocycles. The summed E-state index contributed by atoms with van der Waals surface area (Å²) in [6.07, 6.45) is 1.88. The molecule has 0 aliphatic carbocycles. The second-order valence-corrected chi connectivity index (χ2v) is 4.43. The zero-order valence-corrected chi connectivity index (χ0v) is 10.1. The lowest BCUT2D eigenvalue weighted by molar-refractivity contribution is -0.120. The second-order valence-electron chi connectivity index (χ2n) is 3.08. The maximum atomic E-state index is 11.6. The Morgan fingerprint density at radius 3 is 2.67 bits per heavy atom. The molecule has 1 amide bonds. The molecule has 15 heavy (non-hydrogen) atoms. The highest BCUT2D eigenvalue weighted by Gasteiger charge is 2.14. The molecule has 4 heteroatoms. The Balaban J connectivity index is 2.40. The summed E-state index contributed by atoms with van der Waals surface area (Å²) in [5, 5.41) is 2.70. The highest BCUT2D eigenvalue weighted by molar-refractivity contribution is 8.00. The fourth-order valence-corrected chi connectivity index (χ4v) is 2.08. The predicted octanol–water partition coefficient (Wildman–Crippen LogP) is 2.27. The third-order valence-corrected chi connectivity index (χ3v) is 3.47. The van der Waals surface area contributed by atoms with Crippen molar-refractivity contribution in [1.82, 2.24) is 5.32 Å². The Bertz CT molecular complexity index is 301. The van der Waals surface area contributed by atoms with Crippen molar-refractivity contribution in [3.05, 3.63) is 35.9 Å². The molecule has 0 fully saturated rings. The van der Waals surface area contributed by atoms with Gasteiger partial charge in [0.2, 0.25) is 5.91 Å². The largest absolute Gasteiger partial charge is 0.351 e. The molecule has 1 N–H and O–H groups in total. The monoisotopic (exact) mass is 243 g/mol. The minimum absolute atomic E-state index is 0.00125. The molecule has 1 rings (SSSR count). The normalized spacial score (nSPS) is 12.1. The highest BCUT2D eigenvalue weighted by atomic mass is 35.5. The first-order valence-corrected chi connectivity index (χ1v) is 6.50. The first-order chi connectivity index (χ1) is 7.27. The number of benzene rings is 1. The topological polar surface area (TPSA) is 29.1 Å². The molecule has 1 aromatic rings.